The summed E-state index contributed by atoms with van der Waals surface area (Å²) in [7, 11) is 0. The number of rotatable bonds is 2. The van der Waals surface area contributed by atoms with Crippen molar-refractivity contribution in [3.63, 3.8) is 0 Å². The zero-order valence-electron chi connectivity index (χ0n) is 7.02. The molecule has 0 radical (unpaired) electrons. The Morgan fingerprint density at radius 3 is 2.36 bits per heavy atom. The Bertz CT molecular complexity index is 316. The summed E-state index contributed by atoms with van der Waals surface area (Å²) >= 11 is 0. The molecule has 1 rings (SSSR count). The van der Waals surface area contributed by atoms with E-state index in [4.69, 9.17) is 0 Å². The van der Waals surface area contributed by atoms with Crippen LogP contribution in [-0.4, -0.2) is 21.4 Å². The molecule has 0 aromatic carbocycles. The summed E-state index contributed by atoms with van der Waals surface area (Å²) in [6, 6.07) is 0. The second-order valence-electron chi connectivity index (χ2n) is 2.59. The Kier molecular flexibility index (Phi) is 2.72. The Balaban J connectivity index is 3.07. The van der Waals surface area contributed by atoms with Gasteiger partial charge in [-0.05, 0) is 6.92 Å². The van der Waals surface area contributed by atoms with Crippen LogP contribution in [0.4, 0.5) is 22.0 Å². The number of alkyl halides is 5. The first-order valence-electron chi connectivity index (χ1n) is 3.58. The fourth-order valence-corrected chi connectivity index (χ4v) is 1.01. The molecule has 3 nitrogen and oxygen atoms in total. The molecule has 80 valence electrons. The van der Waals surface area contributed by atoms with Crippen LogP contribution in [0.25, 0.3) is 0 Å². The molecule has 0 N–H and O–H groups in total. The molecular formula is C6H6F5N3. The molecule has 1 aromatic heterocycles. The minimum atomic E-state index is -4.71. The van der Waals surface area contributed by atoms with Gasteiger partial charge in [0, 0.05) is 0 Å². The lowest BCUT2D eigenvalue weighted by Gasteiger charge is -2.09. The lowest BCUT2D eigenvalue weighted by Crippen LogP contribution is -2.18. The maximum Gasteiger partial charge on any atom is 0.434 e. The molecule has 0 aliphatic rings. The van der Waals surface area contributed by atoms with Gasteiger partial charge in [0.15, 0.2) is 5.69 Å². The maximum atomic E-state index is 12.2. The molecule has 0 bridgehead atoms. The monoisotopic (exact) mass is 215 g/mol. The minimum absolute atomic E-state index is 0.167. The van der Waals surface area contributed by atoms with Gasteiger partial charge in [-0.15, -0.1) is 5.10 Å². The van der Waals surface area contributed by atoms with Crippen molar-refractivity contribution in [2.45, 2.75) is 26.1 Å². The van der Waals surface area contributed by atoms with Gasteiger partial charge >= 0.3 is 6.18 Å². The molecule has 14 heavy (non-hydrogen) atoms. The number of nitrogens with zero attached hydrogens (tertiary/aromatic N) is 3. The van der Waals surface area contributed by atoms with Crippen molar-refractivity contribution in [2.24, 2.45) is 0 Å². The van der Waals surface area contributed by atoms with Crippen LogP contribution in [0.3, 0.4) is 0 Å². The van der Waals surface area contributed by atoms with E-state index in [0.717, 1.165) is 6.92 Å². The zero-order valence-corrected chi connectivity index (χ0v) is 7.02. The third kappa shape index (κ3) is 2.18. The average molecular weight is 215 g/mol. The van der Waals surface area contributed by atoms with E-state index in [1.54, 1.807) is 0 Å². The lowest BCUT2D eigenvalue weighted by atomic mass is 10.3. The van der Waals surface area contributed by atoms with E-state index in [9.17, 15) is 22.0 Å². The Labute approximate surface area is 75.5 Å². The fourth-order valence-electron chi connectivity index (χ4n) is 1.01. The summed E-state index contributed by atoms with van der Waals surface area (Å²) in [5.74, 6) is 0. The van der Waals surface area contributed by atoms with Gasteiger partial charge in [0.05, 0.1) is 5.69 Å². The molecule has 1 aromatic rings. The molecule has 0 spiro atoms. The van der Waals surface area contributed by atoms with Gasteiger partial charge in [0.25, 0.3) is 6.43 Å². The minimum Gasteiger partial charge on any atom is -0.234 e. The quantitative estimate of drug-likeness (QED) is 0.705. The predicted octanol–water partition coefficient (Wildman–Crippen LogP) is 1.87. The first-order chi connectivity index (χ1) is 6.32. The van der Waals surface area contributed by atoms with E-state index >= 15 is 0 Å². The summed E-state index contributed by atoms with van der Waals surface area (Å²) < 4.78 is 60.6. The van der Waals surface area contributed by atoms with Gasteiger partial charge in [-0.2, -0.15) is 13.2 Å². The summed E-state index contributed by atoms with van der Waals surface area (Å²) in [5.41, 5.74) is -1.63. The summed E-state index contributed by atoms with van der Waals surface area (Å²) in [6.07, 6.45) is -7.60. The van der Waals surface area contributed by atoms with Crippen molar-refractivity contribution in [3.05, 3.63) is 11.4 Å². The summed E-state index contributed by atoms with van der Waals surface area (Å²) in [4.78, 5) is 0. The normalized spacial score (nSPS) is 12.5. The van der Waals surface area contributed by atoms with Gasteiger partial charge in [-0.1, -0.05) is 5.21 Å². The van der Waals surface area contributed by atoms with E-state index in [-0.39, 0.29) is 4.68 Å². The third-order valence-corrected chi connectivity index (χ3v) is 1.48. The highest BCUT2D eigenvalue weighted by molar-refractivity contribution is 5.11. The standard InChI is InChI=1S/C6H6F5N3/c1-3-5(6(9,10)11)14(13-12-3)2-4(7)8/h4H,2H2,1H3. The van der Waals surface area contributed by atoms with Crippen LogP contribution >= 0.6 is 0 Å². The molecule has 0 aliphatic heterocycles. The molecule has 1 heterocycles. The topological polar surface area (TPSA) is 30.7 Å². The Morgan fingerprint density at radius 1 is 1.36 bits per heavy atom. The van der Waals surface area contributed by atoms with Gasteiger partial charge in [-0.3, -0.25) is 0 Å². The maximum absolute atomic E-state index is 12.2. The molecule has 0 unspecified atom stereocenters. The van der Waals surface area contributed by atoms with Gasteiger partial charge in [0.1, 0.15) is 6.54 Å². The molecule has 0 atom stereocenters. The Morgan fingerprint density at radius 2 is 1.93 bits per heavy atom. The smallest absolute Gasteiger partial charge is 0.234 e. The van der Waals surface area contributed by atoms with Crippen LogP contribution < -0.4 is 0 Å². The first kappa shape index (κ1) is 10.9. The second-order valence-corrected chi connectivity index (χ2v) is 2.59. The molecule has 0 saturated heterocycles. The average Bonchev–Trinajstić information content (AvgIpc) is 2.28. The van der Waals surface area contributed by atoms with E-state index in [0.29, 0.717) is 0 Å². The van der Waals surface area contributed by atoms with E-state index < -0.39 is 30.5 Å². The van der Waals surface area contributed by atoms with E-state index in [1.807, 2.05) is 0 Å². The van der Waals surface area contributed by atoms with E-state index in [1.165, 1.54) is 0 Å². The highest BCUT2D eigenvalue weighted by atomic mass is 19.4. The second kappa shape index (κ2) is 3.50. The van der Waals surface area contributed by atoms with Crippen molar-refractivity contribution in [3.8, 4) is 0 Å². The molecule has 0 amide bonds. The van der Waals surface area contributed by atoms with Crippen LogP contribution in [-0.2, 0) is 12.7 Å². The zero-order chi connectivity index (χ0) is 10.9. The van der Waals surface area contributed by atoms with Crippen molar-refractivity contribution < 1.29 is 22.0 Å². The predicted molar refractivity (Wildman–Crippen MR) is 35.8 cm³/mol. The van der Waals surface area contributed by atoms with Gasteiger partial charge in [-0.25, -0.2) is 13.5 Å². The largest absolute Gasteiger partial charge is 0.434 e. The van der Waals surface area contributed by atoms with E-state index in [2.05, 4.69) is 10.3 Å². The SMILES string of the molecule is Cc1nnn(CC(F)F)c1C(F)(F)F. The molecule has 0 fully saturated rings. The highest BCUT2D eigenvalue weighted by Crippen LogP contribution is 2.30. The fraction of sp³-hybridized carbons (Fsp3) is 0.667. The number of aromatic nitrogens is 3. The summed E-state index contributed by atoms with van der Waals surface area (Å²) in [5, 5.41) is 6.08. The number of hydrogen-bond donors (Lipinski definition) is 0. The van der Waals surface area contributed by atoms with Crippen molar-refractivity contribution in [1.82, 2.24) is 15.0 Å². The van der Waals surface area contributed by atoms with Crippen LogP contribution in [0.1, 0.15) is 11.4 Å². The van der Waals surface area contributed by atoms with Crippen molar-refractivity contribution in [1.29, 1.82) is 0 Å². The third-order valence-electron chi connectivity index (χ3n) is 1.48. The van der Waals surface area contributed by atoms with Gasteiger partial charge < -0.3 is 0 Å². The lowest BCUT2D eigenvalue weighted by molar-refractivity contribution is -0.145. The number of halogens is 5. The molecule has 0 saturated carbocycles. The first-order valence-corrected chi connectivity index (χ1v) is 3.58. The molecular weight excluding hydrogens is 209 g/mol. The van der Waals surface area contributed by atoms with Crippen molar-refractivity contribution >= 4 is 0 Å². The Hall–Kier alpha value is -1.21. The van der Waals surface area contributed by atoms with Gasteiger partial charge in [0.2, 0.25) is 0 Å². The highest BCUT2D eigenvalue weighted by Gasteiger charge is 2.38. The number of aryl methyl sites for hydroxylation is 1. The summed E-state index contributed by atoms with van der Waals surface area (Å²) in [6.45, 7) is -0.0342. The number of hydrogen-bond acceptors (Lipinski definition) is 2. The van der Waals surface area contributed by atoms with Crippen molar-refractivity contribution in [2.75, 3.05) is 0 Å². The van der Waals surface area contributed by atoms with Crippen LogP contribution in [0.15, 0.2) is 0 Å². The molecule has 0 aliphatic carbocycles. The van der Waals surface area contributed by atoms with Crippen LogP contribution in [0, 0.1) is 6.92 Å². The van der Waals surface area contributed by atoms with Crippen LogP contribution in [0.2, 0.25) is 0 Å². The molecule has 8 heteroatoms. The van der Waals surface area contributed by atoms with Crippen LogP contribution in [0.5, 0.6) is 0 Å².